The van der Waals surface area contributed by atoms with Crippen molar-refractivity contribution in [3.05, 3.63) is 34.6 Å². The second-order valence-corrected chi connectivity index (χ2v) is 5.56. The standard InChI is InChI=1S/C12H12ClFOS/c13-10-5-4-8(14)7-9(10)12(15)11-3-1-2-6-16-11/h4-5,7,11H,1-3,6H2. The van der Waals surface area contributed by atoms with Crippen LogP contribution in [0.4, 0.5) is 4.39 Å². The first-order chi connectivity index (χ1) is 7.68. The van der Waals surface area contributed by atoms with Crippen LogP contribution in [0.25, 0.3) is 0 Å². The minimum Gasteiger partial charge on any atom is -0.293 e. The maximum Gasteiger partial charge on any atom is 0.177 e. The van der Waals surface area contributed by atoms with Crippen LogP contribution in [-0.4, -0.2) is 16.8 Å². The van der Waals surface area contributed by atoms with Gasteiger partial charge in [-0.2, -0.15) is 11.8 Å². The van der Waals surface area contributed by atoms with Crippen LogP contribution < -0.4 is 0 Å². The number of carbonyl (C=O) groups excluding carboxylic acids is 1. The summed E-state index contributed by atoms with van der Waals surface area (Å²) >= 11 is 7.56. The van der Waals surface area contributed by atoms with Gasteiger partial charge in [0.1, 0.15) is 5.82 Å². The highest BCUT2D eigenvalue weighted by molar-refractivity contribution is 8.00. The van der Waals surface area contributed by atoms with Gasteiger partial charge in [0.15, 0.2) is 5.78 Å². The van der Waals surface area contributed by atoms with E-state index in [-0.39, 0.29) is 11.0 Å². The van der Waals surface area contributed by atoms with Crippen LogP contribution >= 0.6 is 23.4 Å². The molecule has 1 unspecified atom stereocenters. The second-order valence-electron chi connectivity index (χ2n) is 3.84. The van der Waals surface area contributed by atoms with E-state index in [4.69, 9.17) is 11.6 Å². The lowest BCUT2D eigenvalue weighted by molar-refractivity contribution is 0.0984. The number of Topliss-reactive ketones (excluding diaryl/α,β-unsaturated/α-hetero) is 1. The first-order valence-corrected chi connectivity index (χ1v) is 6.72. The molecular weight excluding hydrogens is 247 g/mol. The zero-order valence-corrected chi connectivity index (χ0v) is 10.3. The number of rotatable bonds is 2. The lowest BCUT2D eigenvalue weighted by Gasteiger charge is -2.20. The van der Waals surface area contributed by atoms with Gasteiger partial charge in [-0.25, -0.2) is 4.39 Å². The van der Waals surface area contributed by atoms with Gasteiger partial charge in [0, 0.05) is 5.56 Å². The number of hydrogen-bond donors (Lipinski definition) is 0. The molecule has 16 heavy (non-hydrogen) atoms. The van der Waals surface area contributed by atoms with Gasteiger partial charge in [-0.05, 0) is 36.8 Å². The maximum absolute atomic E-state index is 13.1. The van der Waals surface area contributed by atoms with Crippen molar-refractivity contribution in [3.8, 4) is 0 Å². The molecule has 1 aliphatic heterocycles. The third-order valence-electron chi connectivity index (χ3n) is 2.67. The molecule has 0 aromatic heterocycles. The summed E-state index contributed by atoms with van der Waals surface area (Å²) in [6.45, 7) is 0. The number of ketones is 1. The largest absolute Gasteiger partial charge is 0.293 e. The molecule has 1 nitrogen and oxygen atoms in total. The van der Waals surface area contributed by atoms with Crippen LogP contribution in [0, 0.1) is 5.82 Å². The predicted molar refractivity (Wildman–Crippen MR) is 65.8 cm³/mol. The summed E-state index contributed by atoms with van der Waals surface area (Å²) < 4.78 is 13.1. The lowest BCUT2D eigenvalue weighted by Crippen LogP contribution is -2.21. The first-order valence-electron chi connectivity index (χ1n) is 5.29. The Morgan fingerprint density at radius 1 is 1.44 bits per heavy atom. The number of carbonyl (C=O) groups is 1. The van der Waals surface area contributed by atoms with Gasteiger partial charge >= 0.3 is 0 Å². The Hall–Kier alpha value is -0.540. The lowest BCUT2D eigenvalue weighted by atomic mass is 10.0. The summed E-state index contributed by atoms with van der Waals surface area (Å²) in [5, 5.41) is 0.297. The molecule has 0 amide bonds. The molecule has 1 fully saturated rings. The van der Waals surface area contributed by atoms with Crippen LogP contribution in [-0.2, 0) is 0 Å². The van der Waals surface area contributed by atoms with E-state index in [9.17, 15) is 9.18 Å². The van der Waals surface area contributed by atoms with Gasteiger partial charge in [-0.3, -0.25) is 4.79 Å². The number of hydrogen-bond acceptors (Lipinski definition) is 2. The summed E-state index contributed by atoms with van der Waals surface area (Å²) in [5.41, 5.74) is 0.320. The van der Waals surface area contributed by atoms with Crippen molar-refractivity contribution in [2.75, 3.05) is 5.75 Å². The van der Waals surface area contributed by atoms with Gasteiger partial charge in [-0.15, -0.1) is 0 Å². The van der Waals surface area contributed by atoms with E-state index in [0.29, 0.717) is 10.6 Å². The monoisotopic (exact) mass is 258 g/mol. The Bertz CT molecular complexity index is 402. The van der Waals surface area contributed by atoms with Crippen LogP contribution in [0.15, 0.2) is 18.2 Å². The van der Waals surface area contributed by atoms with Gasteiger partial charge in [0.05, 0.1) is 10.3 Å². The van der Waals surface area contributed by atoms with Crippen LogP contribution in [0.1, 0.15) is 29.6 Å². The van der Waals surface area contributed by atoms with E-state index < -0.39 is 5.82 Å². The fourth-order valence-corrected chi connectivity index (χ4v) is 3.28. The van der Waals surface area contributed by atoms with Crippen LogP contribution in [0.2, 0.25) is 5.02 Å². The van der Waals surface area contributed by atoms with Crippen molar-refractivity contribution in [1.29, 1.82) is 0 Å². The third-order valence-corrected chi connectivity index (χ3v) is 4.37. The van der Waals surface area contributed by atoms with E-state index in [1.807, 2.05) is 0 Å². The molecule has 1 aliphatic rings. The highest BCUT2D eigenvalue weighted by Gasteiger charge is 2.24. The minimum absolute atomic E-state index is 0.0331. The molecular formula is C12H12ClFOS. The van der Waals surface area contributed by atoms with E-state index in [1.54, 1.807) is 11.8 Å². The Morgan fingerprint density at radius 3 is 2.94 bits per heavy atom. The molecule has 1 aromatic carbocycles. The Kier molecular flexibility index (Phi) is 3.87. The number of benzene rings is 1. The van der Waals surface area contributed by atoms with Gasteiger partial charge in [0.25, 0.3) is 0 Å². The SMILES string of the molecule is O=C(c1cc(F)ccc1Cl)C1CCCCS1. The Labute approximate surface area is 103 Å². The summed E-state index contributed by atoms with van der Waals surface area (Å²) in [7, 11) is 0. The molecule has 0 aliphatic carbocycles. The molecule has 4 heteroatoms. The molecule has 0 N–H and O–H groups in total. The normalized spacial score (nSPS) is 20.8. The summed E-state index contributed by atoms with van der Waals surface area (Å²) in [6, 6.07) is 3.95. The quantitative estimate of drug-likeness (QED) is 0.748. The highest BCUT2D eigenvalue weighted by Crippen LogP contribution is 2.30. The van der Waals surface area contributed by atoms with E-state index in [1.165, 1.54) is 18.2 Å². The van der Waals surface area contributed by atoms with Crippen molar-refractivity contribution in [3.63, 3.8) is 0 Å². The molecule has 0 radical (unpaired) electrons. The average molecular weight is 259 g/mol. The Morgan fingerprint density at radius 2 is 2.25 bits per heavy atom. The topological polar surface area (TPSA) is 17.1 Å². The average Bonchev–Trinajstić information content (AvgIpc) is 2.32. The predicted octanol–water partition coefficient (Wildman–Crippen LogP) is 3.95. The Balaban J connectivity index is 2.22. The maximum atomic E-state index is 13.1. The fourth-order valence-electron chi connectivity index (χ4n) is 1.81. The van der Waals surface area contributed by atoms with Gasteiger partial charge < -0.3 is 0 Å². The molecule has 0 saturated carbocycles. The van der Waals surface area contributed by atoms with E-state index >= 15 is 0 Å². The van der Waals surface area contributed by atoms with E-state index in [0.717, 1.165) is 25.0 Å². The summed E-state index contributed by atoms with van der Waals surface area (Å²) in [6.07, 6.45) is 3.10. The fraction of sp³-hybridized carbons (Fsp3) is 0.417. The van der Waals surface area contributed by atoms with Gasteiger partial charge in [0.2, 0.25) is 0 Å². The molecule has 0 spiro atoms. The molecule has 1 heterocycles. The molecule has 2 rings (SSSR count). The van der Waals surface area contributed by atoms with Crippen LogP contribution in [0.3, 0.4) is 0 Å². The zero-order valence-electron chi connectivity index (χ0n) is 8.71. The van der Waals surface area contributed by atoms with Crippen molar-refractivity contribution in [2.24, 2.45) is 0 Å². The van der Waals surface area contributed by atoms with E-state index in [2.05, 4.69) is 0 Å². The highest BCUT2D eigenvalue weighted by atomic mass is 35.5. The zero-order chi connectivity index (χ0) is 11.5. The third kappa shape index (κ3) is 2.58. The minimum atomic E-state index is -0.409. The van der Waals surface area contributed by atoms with Crippen LogP contribution in [0.5, 0.6) is 0 Å². The summed E-state index contributed by atoms with van der Waals surface area (Å²) in [5.74, 6) is 0.561. The first kappa shape index (κ1) is 11.9. The van der Waals surface area contributed by atoms with Crippen molar-refractivity contribution in [2.45, 2.75) is 24.5 Å². The molecule has 1 atom stereocenters. The molecule has 1 saturated heterocycles. The summed E-state index contributed by atoms with van der Waals surface area (Å²) in [4.78, 5) is 12.1. The number of thioether (sulfide) groups is 1. The van der Waals surface area contributed by atoms with Crippen molar-refractivity contribution in [1.82, 2.24) is 0 Å². The van der Waals surface area contributed by atoms with Crippen molar-refractivity contribution < 1.29 is 9.18 Å². The van der Waals surface area contributed by atoms with Crippen molar-refractivity contribution >= 4 is 29.1 Å². The molecule has 86 valence electrons. The molecule has 1 aromatic rings. The second kappa shape index (κ2) is 5.19. The van der Waals surface area contributed by atoms with Gasteiger partial charge in [-0.1, -0.05) is 18.0 Å². The smallest absolute Gasteiger partial charge is 0.177 e. The number of halogens is 2. The molecule has 0 bridgehead atoms.